The van der Waals surface area contributed by atoms with Gasteiger partial charge in [-0.3, -0.25) is 4.79 Å². The highest BCUT2D eigenvalue weighted by molar-refractivity contribution is 5.92. The number of ether oxygens (including phenoxy) is 2. The third kappa shape index (κ3) is 4.46. The number of pyridine rings is 1. The van der Waals surface area contributed by atoms with Gasteiger partial charge in [0.25, 0.3) is 0 Å². The van der Waals surface area contributed by atoms with E-state index < -0.39 is 0 Å². The van der Waals surface area contributed by atoms with Crippen molar-refractivity contribution in [3.05, 3.63) is 36.7 Å². The molecule has 0 bridgehead atoms. The van der Waals surface area contributed by atoms with Crippen molar-refractivity contribution in [2.75, 3.05) is 51.4 Å². The van der Waals surface area contributed by atoms with Crippen molar-refractivity contribution in [3.63, 3.8) is 0 Å². The minimum absolute atomic E-state index is 0.141. The smallest absolute Gasteiger partial charge is 0.231 e. The van der Waals surface area contributed by atoms with E-state index in [1.54, 1.807) is 30.1 Å². The molecule has 0 spiro atoms. The number of hydrogen-bond donors (Lipinski definition) is 1. The van der Waals surface area contributed by atoms with Gasteiger partial charge in [-0.15, -0.1) is 5.10 Å². The number of Topliss-reactive ketones (excluding diaryl/α,β-unsaturated/α-hetero) is 1. The number of piperidine rings is 1. The Bertz CT molecular complexity index is 1300. The summed E-state index contributed by atoms with van der Waals surface area (Å²) in [6.45, 7) is 5.87. The van der Waals surface area contributed by atoms with Crippen LogP contribution in [0.1, 0.15) is 13.3 Å². The van der Waals surface area contributed by atoms with Gasteiger partial charge in [0.1, 0.15) is 22.9 Å². The molecule has 4 aromatic rings. The Morgan fingerprint density at radius 1 is 1.29 bits per heavy atom. The van der Waals surface area contributed by atoms with Crippen molar-refractivity contribution in [3.8, 4) is 17.3 Å². The summed E-state index contributed by atoms with van der Waals surface area (Å²) in [5.74, 6) is 2.32. The van der Waals surface area contributed by atoms with Crippen LogP contribution >= 0.6 is 0 Å². The fourth-order valence-electron chi connectivity index (χ4n) is 4.25. The van der Waals surface area contributed by atoms with E-state index in [0.29, 0.717) is 43.5 Å². The summed E-state index contributed by atoms with van der Waals surface area (Å²) in [5.41, 5.74) is 2.15. The topological polar surface area (TPSA) is 107 Å². The van der Waals surface area contributed by atoms with Crippen LogP contribution in [-0.2, 0) is 9.53 Å². The van der Waals surface area contributed by atoms with Crippen LogP contribution in [0.15, 0.2) is 41.1 Å². The molecule has 1 aliphatic heterocycles. The number of aromatic nitrogens is 4. The van der Waals surface area contributed by atoms with Crippen molar-refractivity contribution in [1.29, 1.82) is 0 Å². The van der Waals surface area contributed by atoms with Crippen LogP contribution in [0.3, 0.4) is 0 Å². The molecule has 4 aromatic heterocycles. The van der Waals surface area contributed by atoms with Crippen molar-refractivity contribution in [1.82, 2.24) is 24.9 Å². The number of hydrogen-bond acceptors (Lipinski definition) is 9. The maximum atomic E-state index is 11.7. The zero-order chi connectivity index (χ0) is 23.5. The molecule has 0 amide bonds. The van der Waals surface area contributed by atoms with Crippen LogP contribution in [0.25, 0.3) is 28.1 Å². The van der Waals surface area contributed by atoms with Gasteiger partial charge in [-0.2, -0.15) is 0 Å². The molecule has 0 radical (unpaired) electrons. The zero-order valence-corrected chi connectivity index (χ0v) is 19.4. The second kappa shape index (κ2) is 9.78. The Labute approximate surface area is 196 Å². The molecule has 1 N–H and O–H groups in total. The first kappa shape index (κ1) is 22.3. The molecule has 10 nitrogen and oxygen atoms in total. The Hall–Kier alpha value is -3.50. The van der Waals surface area contributed by atoms with Crippen molar-refractivity contribution < 1.29 is 18.7 Å². The lowest BCUT2D eigenvalue weighted by atomic mass is 10.00. The van der Waals surface area contributed by atoms with E-state index in [1.807, 2.05) is 18.2 Å². The summed E-state index contributed by atoms with van der Waals surface area (Å²) in [7, 11) is 1.69. The number of likely N-dealkylation sites (N-methyl/N-ethyl adjacent to an activating group) is 1. The van der Waals surface area contributed by atoms with E-state index in [-0.39, 0.29) is 11.7 Å². The average molecular weight is 465 g/mol. The predicted octanol–water partition coefficient (Wildman–Crippen LogP) is 2.57. The van der Waals surface area contributed by atoms with E-state index >= 15 is 0 Å². The van der Waals surface area contributed by atoms with E-state index in [9.17, 15) is 4.79 Å². The number of ketones is 1. The molecular weight excluding hydrogens is 436 g/mol. The standard InChI is InChI=1S/C24H28N6O4/c1-3-29(8-9-32-2)24-18-11-21(34-20(18)6-7-26-24)19-14-27-22-4-5-23(28-30(19)22)33-15-16-10-17(31)13-25-12-16/h4-7,11,14,16,25H,3,8-10,12-13,15H2,1-2H3/t16-/m0/s1. The zero-order valence-electron chi connectivity index (χ0n) is 19.4. The number of imidazole rings is 1. The first-order chi connectivity index (χ1) is 16.7. The van der Waals surface area contributed by atoms with Crippen molar-refractivity contribution in [2.24, 2.45) is 5.92 Å². The van der Waals surface area contributed by atoms with Crippen molar-refractivity contribution in [2.45, 2.75) is 13.3 Å². The number of nitrogens with one attached hydrogen (secondary N) is 1. The largest absolute Gasteiger partial charge is 0.476 e. The number of carbonyl (C=O) groups is 1. The van der Waals surface area contributed by atoms with Crippen LogP contribution < -0.4 is 15.0 Å². The van der Waals surface area contributed by atoms with Crippen LogP contribution in [-0.4, -0.2) is 71.9 Å². The molecule has 1 atom stereocenters. The molecule has 0 unspecified atom stereocenters. The summed E-state index contributed by atoms with van der Waals surface area (Å²) in [6.07, 6.45) is 4.02. The fraction of sp³-hybridized carbons (Fsp3) is 0.417. The van der Waals surface area contributed by atoms with E-state index in [0.717, 1.165) is 42.1 Å². The average Bonchev–Trinajstić information content (AvgIpc) is 3.47. The fourth-order valence-corrected chi connectivity index (χ4v) is 4.25. The summed E-state index contributed by atoms with van der Waals surface area (Å²) in [5, 5.41) is 8.67. The van der Waals surface area contributed by atoms with Gasteiger partial charge in [0.2, 0.25) is 5.88 Å². The van der Waals surface area contributed by atoms with Crippen LogP contribution in [0.2, 0.25) is 0 Å². The Kier molecular flexibility index (Phi) is 6.41. The van der Waals surface area contributed by atoms with Gasteiger partial charge in [-0.1, -0.05) is 0 Å². The lowest BCUT2D eigenvalue weighted by Crippen LogP contribution is -2.38. The first-order valence-corrected chi connectivity index (χ1v) is 11.5. The highest BCUT2D eigenvalue weighted by Gasteiger charge is 2.21. The van der Waals surface area contributed by atoms with Gasteiger partial charge in [-0.25, -0.2) is 14.5 Å². The van der Waals surface area contributed by atoms with E-state index in [2.05, 4.69) is 32.2 Å². The Balaban J connectivity index is 1.43. The summed E-state index contributed by atoms with van der Waals surface area (Å²) in [6, 6.07) is 7.48. The molecule has 0 saturated carbocycles. The van der Waals surface area contributed by atoms with Gasteiger partial charge in [0.15, 0.2) is 11.4 Å². The molecule has 5 rings (SSSR count). The molecule has 178 valence electrons. The molecule has 0 aromatic carbocycles. The van der Waals surface area contributed by atoms with Gasteiger partial charge >= 0.3 is 0 Å². The first-order valence-electron chi connectivity index (χ1n) is 11.5. The normalized spacial score (nSPS) is 16.4. The molecule has 1 saturated heterocycles. The van der Waals surface area contributed by atoms with E-state index in [4.69, 9.17) is 13.9 Å². The van der Waals surface area contributed by atoms with Crippen LogP contribution in [0.5, 0.6) is 5.88 Å². The van der Waals surface area contributed by atoms with Gasteiger partial charge in [0, 0.05) is 51.3 Å². The number of anilines is 1. The third-order valence-corrected chi connectivity index (χ3v) is 6.00. The molecule has 1 fully saturated rings. The third-order valence-electron chi connectivity index (χ3n) is 6.00. The number of furan rings is 1. The maximum Gasteiger partial charge on any atom is 0.231 e. The quantitative estimate of drug-likeness (QED) is 0.400. The van der Waals surface area contributed by atoms with Gasteiger partial charge in [-0.05, 0) is 25.1 Å². The SMILES string of the molecule is CCN(CCOC)c1nccc2oc(-c3cnc4ccc(OC[C@@H]5CNCC(=O)C5)nn34)cc12. The summed E-state index contributed by atoms with van der Waals surface area (Å²) < 4.78 is 19.1. The molecule has 0 aliphatic carbocycles. The highest BCUT2D eigenvalue weighted by Crippen LogP contribution is 2.33. The Morgan fingerprint density at radius 2 is 2.21 bits per heavy atom. The maximum absolute atomic E-state index is 11.7. The monoisotopic (exact) mass is 464 g/mol. The Morgan fingerprint density at radius 3 is 3.03 bits per heavy atom. The number of fused-ring (bicyclic) bond motifs is 2. The van der Waals surface area contributed by atoms with Gasteiger partial charge in [0.05, 0.1) is 31.3 Å². The molecule has 10 heteroatoms. The lowest BCUT2D eigenvalue weighted by Gasteiger charge is -2.21. The molecular formula is C24H28N6O4. The molecule has 1 aliphatic rings. The highest BCUT2D eigenvalue weighted by atomic mass is 16.5. The molecule has 5 heterocycles. The number of carbonyl (C=O) groups excluding carboxylic acids is 1. The number of methoxy groups -OCH3 is 1. The van der Waals surface area contributed by atoms with E-state index in [1.165, 1.54) is 0 Å². The van der Waals surface area contributed by atoms with Crippen molar-refractivity contribution >= 4 is 28.2 Å². The second-order valence-electron chi connectivity index (χ2n) is 8.37. The minimum atomic E-state index is 0.141. The summed E-state index contributed by atoms with van der Waals surface area (Å²) in [4.78, 5) is 22.9. The summed E-state index contributed by atoms with van der Waals surface area (Å²) >= 11 is 0. The number of rotatable bonds is 9. The van der Waals surface area contributed by atoms with Crippen LogP contribution in [0.4, 0.5) is 5.82 Å². The van der Waals surface area contributed by atoms with Crippen LogP contribution in [0, 0.1) is 5.92 Å². The minimum Gasteiger partial charge on any atom is -0.476 e. The second-order valence-corrected chi connectivity index (χ2v) is 8.37. The molecule has 34 heavy (non-hydrogen) atoms. The lowest BCUT2D eigenvalue weighted by molar-refractivity contribution is -0.120. The number of nitrogens with zero attached hydrogens (tertiary/aromatic N) is 5. The van der Waals surface area contributed by atoms with Gasteiger partial charge < -0.3 is 24.1 Å². The predicted molar refractivity (Wildman–Crippen MR) is 127 cm³/mol.